The van der Waals surface area contributed by atoms with Gasteiger partial charge in [-0.2, -0.15) is 13.5 Å². The van der Waals surface area contributed by atoms with Crippen molar-refractivity contribution in [3.8, 4) is 11.5 Å². The fourth-order valence-corrected chi connectivity index (χ4v) is 4.71. The molecule has 2 aromatic rings. The minimum absolute atomic E-state index is 0.0390. The van der Waals surface area contributed by atoms with E-state index in [1.807, 2.05) is 6.92 Å². The monoisotopic (exact) mass is 429 g/mol. The summed E-state index contributed by atoms with van der Waals surface area (Å²) >= 11 is 0. The molecule has 0 radical (unpaired) electrons. The molecule has 2 aromatic carbocycles. The van der Waals surface area contributed by atoms with Gasteiger partial charge in [0, 0.05) is 11.1 Å². The van der Waals surface area contributed by atoms with Crippen molar-refractivity contribution >= 4 is 28.9 Å². The third kappa shape index (κ3) is 3.67. The predicted octanol–water partition coefficient (Wildman–Crippen LogP) is 1.38. The highest BCUT2D eigenvalue weighted by molar-refractivity contribution is 7.90. The molecule has 0 aliphatic carbocycles. The van der Waals surface area contributed by atoms with E-state index in [-0.39, 0.29) is 16.7 Å². The van der Waals surface area contributed by atoms with E-state index in [9.17, 15) is 8.42 Å². The molecule has 1 atom stereocenters. The van der Waals surface area contributed by atoms with Crippen LogP contribution in [0, 0.1) is 0 Å². The van der Waals surface area contributed by atoms with Crippen molar-refractivity contribution in [2.75, 3.05) is 7.11 Å². The zero-order chi connectivity index (χ0) is 21.5. The summed E-state index contributed by atoms with van der Waals surface area (Å²) in [5.74, 6) is 0.809. The number of sulfonamides is 1. The molecule has 11 heteroatoms. The zero-order valence-electron chi connectivity index (χ0n) is 16.4. The first-order valence-corrected chi connectivity index (χ1v) is 10.8. The van der Waals surface area contributed by atoms with Crippen LogP contribution in [0.15, 0.2) is 56.9 Å². The minimum Gasteiger partial charge on any atom is -0.509 e. The Balaban J connectivity index is 1.73. The van der Waals surface area contributed by atoms with Crippen molar-refractivity contribution in [2.24, 2.45) is 9.50 Å². The highest BCUT2D eigenvalue weighted by Gasteiger charge is 2.35. The van der Waals surface area contributed by atoms with E-state index < -0.39 is 17.3 Å². The lowest BCUT2D eigenvalue weighted by Gasteiger charge is -2.31. The Kier molecular flexibility index (Phi) is 5.26. The highest BCUT2D eigenvalue weighted by atomic mass is 32.2. The molecule has 156 valence electrons. The van der Waals surface area contributed by atoms with E-state index in [4.69, 9.17) is 24.5 Å². The van der Waals surface area contributed by atoms with Gasteiger partial charge in [-0.3, -0.25) is 0 Å². The summed E-state index contributed by atoms with van der Waals surface area (Å²) in [7, 11) is -4.26. The van der Waals surface area contributed by atoms with Crippen LogP contribution in [-0.2, 0) is 10.0 Å². The molecule has 1 unspecified atom stereocenters. The number of amidine groups is 1. The number of hydrogen-bond acceptors (Lipinski definition) is 8. The van der Waals surface area contributed by atoms with Crippen LogP contribution in [0.1, 0.15) is 30.9 Å². The van der Waals surface area contributed by atoms with Crippen molar-refractivity contribution in [3.63, 3.8) is 0 Å². The van der Waals surface area contributed by atoms with E-state index in [2.05, 4.69) is 4.40 Å². The maximum absolute atomic E-state index is 12.4. The molecule has 0 saturated carbocycles. The summed E-state index contributed by atoms with van der Waals surface area (Å²) in [6.07, 6.45) is 1.42. The van der Waals surface area contributed by atoms with Crippen LogP contribution < -0.4 is 9.39 Å². The summed E-state index contributed by atoms with van der Waals surface area (Å²) in [6.45, 7) is 1.97. The van der Waals surface area contributed by atoms with Gasteiger partial charge < -0.3 is 19.4 Å². The van der Waals surface area contributed by atoms with Gasteiger partial charge in [0.1, 0.15) is 10.6 Å². The fraction of sp³-hybridized carbons (Fsp3) is 0.263. The predicted molar refractivity (Wildman–Crippen MR) is 111 cm³/mol. The van der Waals surface area contributed by atoms with Gasteiger partial charge in [0.25, 0.3) is 10.0 Å². The normalized spacial score (nSPS) is 19.6. The van der Waals surface area contributed by atoms with Crippen LogP contribution in [-0.4, -0.2) is 55.5 Å². The third-order valence-corrected chi connectivity index (χ3v) is 6.33. The lowest BCUT2D eigenvalue weighted by molar-refractivity contribution is 0.279. The largest absolute Gasteiger partial charge is 0.707 e. The maximum atomic E-state index is 12.4. The standard InChI is InChI=1S/C19H20BN3O6S/c1-12-7-9-15(13-8-10-16(29-20(24)25)17(11-13)28-2)21-23(12)19-14-5-3-4-6-18(14)30(26,27)22-19/h3-6,8,10-12,24-25H,7,9H2,1-2H3. The van der Waals surface area contributed by atoms with Gasteiger partial charge in [0.15, 0.2) is 11.6 Å². The molecule has 0 saturated heterocycles. The molecule has 0 fully saturated rings. The van der Waals surface area contributed by atoms with Gasteiger partial charge in [-0.15, -0.1) is 4.40 Å². The molecule has 0 bridgehead atoms. The number of fused-ring (bicyclic) bond motifs is 1. The Hall–Kier alpha value is -2.89. The van der Waals surface area contributed by atoms with Gasteiger partial charge in [0.05, 0.1) is 18.9 Å². The van der Waals surface area contributed by atoms with Crippen LogP contribution in [0.3, 0.4) is 0 Å². The second kappa shape index (κ2) is 7.75. The first kappa shape index (κ1) is 20.4. The Morgan fingerprint density at radius 1 is 1.17 bits per heavy atom. The average molecular weight is 429 g/mol. The van der Waals surface area contributed by atoms with E-state index in [1.54, 1.807) is 47.5 Å². The molecule has 0 spiro atoms. The van der Waals surface area contributed by atoms with Crippen molar-refractivity contribution in [2.45, 2.75) is 30.7 Å². The first-order valence-electron chi connectivity index (χ1n) is 9.32. The van der Waals surface area contributed by atoms with Gasteiger partial charge in [-0.25, -0.2) is 5.01 Å². The van der Waals surface area contributed by atoms with E-state index in [0.29, 0.717) is 23.6 Å². The third-order valence-electron chi connectivity index (χ3n) is 5.00. The van der Waals surface area contributed by atoms with E-state index >= 15 is 0 Å². The second-order valence-electron chi connectivity index (χ2n) is 6.97. The topological polar surface area (TPSA) is 121 Å². The summed E-state index contributed by atoms with van der Waals surface area (Å²) in [5, 5.41) is 24.4. The number of methoxy groups -OCH3 is 1. The van der Waals surface area contributed by atoms with Gasteiger partial charge in [0.2, 0.25) is 0 Å². The number of rotatable bonds is 4. The Bertz CT molecular complexity index is 1150. The number of hydrazone groups is 1. The van der Waals surface area contributed by atoms with Crippen molar-refractivity contribution in [1.82, 2.24) is 5.01 Å². The quantitative estimate of drug-likeness (QED) is 0.705. The molecule has 0 amide bonds. The number of benzene rings is 2. The molecule has 4 rings (SSSR count). The zero-order valence-corrected chi connectivity index (χ0v) is 17.2. The lowest BCUT2D eigenvalue weighted by atomic mass is 10.00. The molecule has 0 aromatic heterocycles. The summed E-state index contributed by atoms with van der Waals surface area (Å²) < 4.78 is 39.0. The SMILES string of the molecule is COc1cc(C2=NN(C3=NS(=O)(=O)c4ccccc43)C(C)CC2)ccc1OB(O)O. The fourth-order valence-electron chi connectivity index (χ4n) is 3.52. The summed E-state index contributed by atoms with van der Waals surface area (Å²) in [4.78, 5) is 0.181. The minimum atomic E-state index is -3.74. The number of ether oxygens (including phenoxy) is 1. The summed E-state index contributed by atoms with van der Waals surface area (Å²) in [6, 6.07) is 11.6. The van der Waals surface area contributed by atoms with Gasteiger partial charge in [-0.1, -0.05) is 12.1 Å². The highest BCUT2D eigenvalue weighted by Crippen LogP contribution is 2.33. The first-order chi connectivity index (χ1) is 14.3. The smallest absolute Gasteiger partial charge is 0.509 e. The Morgan fingerprint density at radius 3 is 2.67 bits per heavy atom. The Labute approximate surface area is 174 Å². The molecular formula is C19H20BN3O6S. The van der Waals surface area contributed by atoms with E-state index in [1.165, 1.54) is 7.11 Å². The van der Waals surface area contributed by atoms with Crippen LogP contribution >= 0.6 is 0 Å². The molecule has 2 aliphatic rings. The van der Waals surface area contributed by atoms with Crippen molar-refractivity contribution < 1.29 is 27.9 Å². The number of hydrogen-bond donors (Lipinski definition) is 2. The van der Waals surface area contributed by atoms with Crippen LogP contribution in [0.4, 0.5) is 0 Å². The molecule has 2 heterocycles. The maximum Gasteiger partial charge on any atom is 0.707 e. The van der Waals surface area contributed by atoms with Gasteiger partial charge >= 0.3 is 7.32 Å². The van der Waals surface area contributed by atoms with Crippen molar-refractivity contribution in [1.29, 1.82) is 0 Å². The van der Waals surface area contributed by atoms with Gasteiger partial charge in [-0.05, 0) is 50.1 Å². The Morgan fingerprint density at radius 2 is 1.93 bits per heavy atom. The van der Waals surface area contributed by atoms with Crippen LogP contribution in [0.2, 0.25) is 0 Å². The number of nitrogens with zero attached hydrogens (tertiary/aromatic N) is 3. The molecule has 9 nitrogen and oxygen atoms in total. The molecular weight excluding hydrogens is 409 g/mol. The molecule has 2 aliphatic heterocycles. The van der Waals surface area contributed by atoms with E-state index in [0.717, 1.165) is 17.7 Å². The van der Waals surface area contributed by atoms with Crippen LogP contribution in [0.5, 0.6) is 11.5 Å². The van der Waals surface area contributed by atoms with Crippen molar-refractivity contribution in [3.05, 3.63) is 53.6 Å². The molecule has 2 N–H and O–H groups in total. The molecule has 30 heavy (non-hydrogen) atoms. The summed E-state index contributed by atoms with van der Waals surface area (Å²) in [5.41, 5.74) is 2.01. The average Bonchev–Trinajstić information content (AvgIpc) is 2.99. The second-order valence-corrected chi connectivity index (χ2v) is 8.55. The van der Waals surface area contributed by atoms with Crippen LogP contribution in [0.25, 0.3) is 0 Å². The lowest BCUT2D eigenvalue weighted by Crippen LogP contribution is -2.38.